The second-order valence-electron chi connectivity index (χ2n) is 1.77. The molecule has 0 rings (SSSR count). The van der Waals surface area contributed by atoms with E-state index in [1.54, 1.807) is 0 Å². The Bertz CT molecular complexity index is 50.9. The van der Waals surface area contributed by atoms with Gasteiger partial charge in [0.1, 0.15) is 0 Å². The summed E-state index contributed by atoms with van der Waals surface area (Å²) < 4.78 is 7.02. The maximum absolute atomic E-state index is 7.02. The molecule has 0 N–H and O–H groups in total. The van der Waals surface area contributed by atoms with Crippen LogP contribution in [0.4, 0.5) is 0 Å². The molecule has 0 aromatic rings. The third kappa shape index (κ3) is 52.3. The van der Waals surface area contributed by atoms with Crippen molar-refractivity contribution in [1.82, 2.24) is 0 Å². The molecule has 0 heterocycles. The minimum atomic E-state index is 0. The van der Waals surface area contributed by atoms with Gasteiger partial charge in [-0.3, -0.25) is 0 Å². The third-order valence-electron chi connectivity index (χ3n) is 1.10. The van der Waals surface area contributed by atoms with Gasteiger partial charge in [0.15, 0.2) is 0 Å². The summed E-state index contributed by atoms with van der Waals surface area (Å²) in [4.78, 5) is 0. The average molecular weight is 265 g/mol. The first-order valence-electron chi connectivity index (χ1n) is 3.43. The van der Waals surface area contributed by atoms with Gasteiger partial charge in [0.25, 0.3) is 0 Å². The zero-order valence-electron chi connectivity index (χ0n) is 6.26. The van der Waals surface area contributed by atoms with Crippen molar-refractivity contribution in [2.45, 2.75) is 71.2 Å². The molecule has 0 bridgehead atoms. The minimum Gasteiger partial charge on any atom is -0.793 e. The Morgan fingerprint density at radius 3 is 1.50 bits per heavy atom. The third-order valence-corrected chi connectivity index (χ3v) is 1.34. The fourth-order valence-electron chi connectivity index (χ4n) is 0.371. The Labute approximate surface area is 115 Å². The van der Waals surface area contributed by atoms with E-state index in [1.807, 2.05) is 0 Å². The Morgan fingerprint density at radius 2 is 1.43 bits per heavy atom. The van der Waals surface area contributed by atoms with Crippen LogP contribution in [0.3, 0.4) is 0 Å². The van der Waals surface area contributed by atoms with Crippen molar-refractivity contribution in [3.63, 3.8) is 0 Å². The largest absolute Gasteiger partial charge is 0.793 e. The summed E-state index contributed by atoms with van der Waals surface area (Å²) in [5.74, 6) is 1.38. The molecule has 1 unspecified atom stereocenters. The Balaban J connectivity index is -0.0000000117. The average Bonchev–Trinajstić information content (AvgIpc) is 1.83. The van der Waals surface area contributed by atoms with Gasteiger partial charge in [0.2, 0.25) is 0 Å². The summed E-state index contributed by atoms with van der Waals surface area (Å²) in [5.41, 5.74) is 0. The number of rotatable bonds is 3. The Hall–Kier alpha value is 0.934. The molecule has 0 aliphatic carbocycles. The van der Waals surface area contributed by atoms with Gasteiger partial charge in [-0.25, -0.2) is 0 Å². The first-order chi connectivity index (χ1) is 3.85. The normalized spacial score (nSPS) is 8.00. The first-order valence-corrected chi connectivity index (χ1v) is 3.30. The van der Waals surface area contributed by atoms with Crippen LogP contribution >= 0.6 is 0 Å². The van der Waals surface area contributed by atoms with E-state index in [4.69, 9.17) is 14.0 Å². The van der Waals surface area contributed by atoms with Crippen LogP contribution in [-0.4, -0.2) is 5.75 Å². The molecule has 1 radical (unpaired) electrons. The second kappa shape index (κ2) is 48.5. The Kier molecular flexibility index (Phi) is 160. The molecular weight excluding hydrogens is 227 g/mol. The van der Waals surface area contributed by atoms with Crippen molar-refractivity contribution in [2.75, 3.05) is 5.75 Å². The van der Waals surface area contributed by atoms with Crippen molar-refractivity contribution in [2.24, 2.45) is 5.92 Å². The van der Waals surface area contributed by atoms with Gasteiger partial charge in [-0.15, -0.1) is 0 Å². The number of hydrogen-bond acceptors (Lipinski definition) is 1. The molecule has 0 aliphatic heterocycles. The van der Waals surface area contributed by atoms with Crippen LogP contribution in [0.5, 0.6) is 0 Å². The van der Waals surface area contributed by atoms with Crippen molar-refractivity contribution in [3.05, 3.63) is 0 Å². The maximum Gasteiger partial charge on any atom is 0.0233 e. The van der Waals surface area contributed by atoms with Gasteiger partial charge >= 0.3 is 0 Å². The fraction of sp³-hybridized carbons (Fsp3) is 1.00. The molecule has 0 fully saturated rings. The van der Waals surface area contributed by atoms with Gasteiger partial charge in [0, 0.05) is 19.9 Å². The summed E-state index contributed by atoms with van der Waals surface area (Å²) in [6, 6.07) is 0. The number of hydrogen-bond donors (Lipinski definition) is 0. The van der Waals surface area contributed by atoms with Gasteiger partial charge < -0.3 is 12.6 Å². The van der Waals surface area contributed by atoms with Gasteiger partial charge in [-0.05, 0) is 5.92 Å². The van der Waals surface area contributed by atoms with E-state index in [1.165, 1.54) is 0 Å². The summed E-state index contributed by atoms with van der Waals surface area (Å²) in [7, 11) is 0. The summed E-state index contributed by atoms with van der Waals surface area (Å²) >= 11 is 4.78. The van der Waals surface area contributed by atoms with Crippen LogP contribution in [0.1, 0.15) is 72.6 Å². The van der Waals surface area contributed by atoms with Crippen LogP contribution in [0.15, 0.2) is 0 Å². The molecule has 14 heavy (non-hydrogen) atoms. The van der Waals surface area contributed by atoms with Crippen molar-refractivity contribution in [3.8, 4) is 0 Å². The predicted octanol–water partition coefficient (Wildman–Crippen LogP) is 5.78. The van der Waals surface area contributed by atoms with Gasteiger partial charge in [-0.1, -0.05) is 71.2 Å². The molecule has 0 aromatic carbocycles. The quantitative estimate of drug-likeness (QED) is 0.582. The van der Waals surface area contributed by atoms with Gasteiger partial charge in [0.05, 0.1) is 0 Å². The fourth-order valence-corrected chi connectivity index (χ4v) is 0.704. The van der Waals surface area contributed by atoms with Crippen LogP contribution in [-0.2, 0) is 31.2 Å². The topological polar surface area (TPSA) is 0 Å². The van der Waals surface area contributed by atoms with E-state index in [0.717, 1.165) is 18.6 Å². The van der Waals surface area contributed by atoms with E-state index < -0.39 is 0 Å². The monoisotopic (exact) mass is 265 g/mol. The van der Waals surface area contributed by atoms with Crippen LogP contribution in [0, 0.1) is 5.92 Å². The molecule has 0 saturated heterocycles. The zero-order chi connectivity index (χ0) is 6.41. The molecule has 97 valence electrons. The molecular formula is C12H37SV-. The van der Waals surface area contributed by atoms with Crippen molar-refractivity contribution >= 4 is 12.6 Å². The van der Waals surface area contributed by atoms with E-state index >= 15 is 0 Å². The molecule has 0 saturated carbocycles. The predicted molar refractivity (Wildman–Crippen MR) is 76.7 cm³/mol. The van der Waals surface area contributed by atoms with E-state index in [9.17, 15) is 0 Å². The molecule has 2 heteroatoms. The van der Waals surface area contributed by atoms with E-state index in [-0.39, 0.29) is 63.1 Å². The second-order valence-corrected chi connectivity index (χ2v) is 2.18. The van der Waals surface area contributed by atoms with Crippen LogP contribution < -0.4 is 0 Å². The van der Waals surface area contributed by atoms with E-state index in [2.05, 4.69) is 6.92 Å². The summed E-state index contributed by atoms with van der Waals surface area (Å²) in [5, 5.41) is 0. The standard InChI is InChI=1S/C6H14S.6CH4.V/c1-3-6(2)4-5-7;;;;;;;/h6-7H,3-5H2,1-2H3;6*1H4;/p-1/i2D;;;;;;;. The molecule has 0 amide bonds. The molecule has 0 aromatic heterocycles. The summed E-state index contributed by atoms with van der Waals surface area (Å²) in [6.07, 6.45) is 2.16. The molecule has 1 atom stereocenters. The smallest absolute Gasteiger partial charge is 0.0233 e. The minimum absolute atomic E-state index is 0. The SMILES string of the molecule is C.C.C.C.C.C.[2H]CC(CC)CC[S-].[V]. The molecule has 0 spiro atoms. The van der Waals surface area contributed by atoms with Crippen molar-refractivity contribution in [1.29, 1.82) is 0 Å². The van der Waals surface area contributed by atoms with Gasteiger partial charge in [-0.2, -0.15) is 5.75 Å². The Morgan fingerprint density at radius 1 is 1.07 bits per heavy atom. The summed E-state index contributed by atoms with van der Waals surface area (Å²) in [6.45, 7) is 2.66. The zero-order valence-corrected chi connectivity index (χ0v) is 7.47. The van der Waals surface area contributed by atoms with Crippen LogP contribution in [0.2, 0.25) is 0 Å². The first kappa shape index (κ1) is 46.1. The molecule has 0 aliphatic rings. The maximum atomic E-state index is 7.02. The van der Waals surface area contributed by atoms with Crippen molar-refractivity contribution < 1.29 is 19.9 Å². The molecule has 0 nitrogen and oxygen atoms in total. The van der Waals surface area contributed by atoms with Crippen LogP contribution in [0.25, 0.3) is 0 Å². The van der Waals surface area contributed by atoms with E-state index in [0.29, 0.717) is 12.8 Å².